The highest BCUT2D eigenvalue weighted by Gasteiger charge is 2.46. The van der Waals surface area contributed by atoms with Gasteiger partial charge in [-0.3, -0.25) is 19.7 Å². The van der Waals surface area contributed by atoms with Crippen LogP contribution in [0.25, 0.3) is 5.76 Å². The highest BCUT2D eigenvalue weighted by Crippen LogP contribution is 2.41. The van der Waals surface area contributed by atoms with E-state index in [2.05, 4.69) is 0 Å². The lowest BCUT2D eigenvalue weighted by Crippen LogP contribution is -2.31. The number of carbonyl (C=O) groups is 2. The third kappa shape index (κ3) is 4.26. The molecule has 1 saturated heterocycles. The average molecular weight is 486 g/mol. The molecule has 0 aliphatic carbocycles. The molecule has 3 aromatic carbocycles. The van der Waals surface area contributed by atoms with Crippen LogP contribution in [0.5, 0.6) is 11.5 Å². The predicted molar refractivity (Wildman–Crippen MR) is 130 cm³/mol. The lowest BCUT2D eigenvalue weighted by molar-refractivity contribution is -0.384. The Kier molecular flexibility index (Phi) is 6.12. The standard InChI is InChI=1S/C27H22N2O7/c30-25(19-9-10-21-22(16-19)36-14-13-35-21)23-24(18-7-4-8-20(15-18)29(33)34)28(27(32)26(23)31)12-11-17-5-2-1-3-6-17/h1-10,15-16,24,30H,11-14H2/b25-23+/t24-/m0/s1. The lowest BCUT2D eigenvalue weighted by Gasteiger charge is -2.25. The molecule has 36 heavy (non-hydrogen) atoms. The summed E-state index contributed by atoms with van der Waals surface area (Å²) in [6.07, 6.45) is 0.462. The number of aliphatic hydroxyl groups excluding tert-OH is 1. The molecule has 1 amide bonds. The van der Waals surface area contributed by atoms with Gasteiger partial charge >= 0.3 is 0 Å². The summed E-state index contributed by atoms with van der Waals surface area (Å²) in [5, 5.41) is 22.7. The van der Waals surface area contributed by atoms with Crippen LogP contribution in [0.2, 0.25) is 0 Å². The van der Waals surface area contributed by atoms with Crippen LogP contribution < -0.4 is 9.47 Å². The second kappa shape index (κ2) is 9.53. The largest absolute Gasteiger partial charge is 0.507 e. The SMILES string of the molecule is O=C1C(=O)N(CCc2ccccc2)[C@@H](c2cccc([N+](=O)[O-])c2)/C1=C(\O)c1ccc2c(c1)OCCO2. The van der Waals surface area contributed by atoms with E-state index in [1.54, 1.807) is 24.3 Å². The van der Waals surface area contributed by atoms with Crippen LogP contribution in [0.3, 0.4) is 0 Å². The highest BCUT2D eigenvalue weighted by atomic mass is 16.6. The molecule has 9 heteroatoms. The lowest BCUT2D eigenvalue weighted by atomic mass is 9.94. The molecule has 0 radical (unpaired) electrons. The first-order valence-corrected chi connectivity index (χ1v) is 11.4. The van der Waals surface area contributed by atoms with Crippen LogP contribution in [-0.4, -0.2) is 46.4 Å². The summed E-state index contributed by atoms with van der Waals surface area (Å²) in [6.45, 7) is 0.923. The zero-order valence-electron chi connectivity index (χ0n) is 19.1. The molecule has 0 spiro atoms. The minimum Gasteiger partial charge on any atom is -0.507 e. The molecule has 1 fully saturated rings. The monoisotopic (exact) mass is 486 g/mol. The van der Waals surface area contributed by atoms with E-state index < -0.39 is 22.7 Å². The minimum atomic E-state index is -0.998. The Hall–Kier alpha value is -4.66. The molecule has 1 N–H and O–H groups in total. The number of hydrogen-bond donors (Lipinski definition) is 1. The van der Waals surface area contributed by atoms with E-state index in [0.717, 1.165) is 5.56 Å². The fourth-order valence-electron chi connectivity index (χ4n) is 4.51. The molecule has 0 saturated carbocycles. The van der Waals surface area contributed by atoms with Crippen molar-refractivity contribution in [3.63, 3.8) is 0 Å². The van der Waals surface area contributed by atoms with Gasteiger partial charge in [-0.15, -0.1) is 0 Å². The number of nitro benzene ring substituents is 1. The van der Waals surface area contributed by atoms with Gasteiger partial charge in [-0.2, -0.15) is 0 Å². The Labute approximate surface area is 206 Å². The number of likely N-dealkylation sites (tertiary alicyclic amines) is 1. The summed E-state index contributed by atoms with van der Waals surface area (Å²) >= 11 is 0. The van der Waals surface area contributed by atoms with E-state index in [1.165, 1.54) is 23.1 Å². The quantitative estimate of drug-likeness (QED) is 0.184. The molecular formula is C27H22N2O7. The molecule has 2 aliphatic heterocycles. The first-order valence-electron chi connectivity index (χ1n) is 11.4. The number of amides is 1. The Balaban J connectivity index is 1.60. The second-order valence-electron chi connectivity index (χ2n) is 8.44. The summed E-state index contributed by atoms with van der Waals surface area (Å²) in [4.78, 5) is 38.6. The molecule has 0 aromatic heterocycles. The molecule has 0 unspecified atom stereocenters. The van der Waals surface area contributed by atoms with Crippen LogP contribution in [0.4, 0.5) is 5.69 Å². The maximum absolute atomic E-state index is 13.2. The summed E-state index contributed by atoms with van der Waals surface area (Å²) in [5.41, 5.74) is 1.28. The van der Waals surface area contributed by atoms with Crippen LogP contribution >= 0.6 is 0 Å². The van der Waals surface area contributed by atoms with Gasteiger partial charge in [0.1, 0.15) is 19.0 Å². The van der Waals surface area contributed by atoms with Gasteiger partial charge in [0.25, 0.3) is 17.4 Å². The number of carbonyl (C=O) groups excluding carboxylic acids is 2. The zero-order chi connectivity index (χ0) is 25.2. The number of aliphatic hydroxyl groups is 1. The van der Waals surface area contributed by atoms with E-state index in [9.17, 15) is 24.8 Å². The van der Waals surface area contributed by atoms with Gasteiger partial charge in [0.2, 0.25) is 0 Å². The van der Waals surface area contributed by atoms with Crippen molar-refractivity contribution in [1.29, 1.82) is 0 Å². The molecule has 3 aromatic rings. The number of fused-ring (bicyclic) bond motifs is 1. The van der Waals surface area contributed by atoms with Crippen molar-refractivity contribution in [3.8, 4) is 11.5 Å². The van der Waals surface area contributed by atoms with Crippen molar-refractivity contribution in [2.75, 3.05) is 19.8 Å². The van der Waals surface area contributed by atoms with E-state index in [4.69, 9.17) is 9.47 Å². The third-order valence-electron chi connectivity index (χ3n) is 6.24. The van der Waals surface area contributed by atoms with Crippen molar-refractivity contribution < 1.29 is 29.1 Å². The number of ether oxygens (including phenoxy) is 2. The van der Waals surface area contributed by atoms with Gasteiger partial charge in [0.05, 0.1) is 16.5 Å². The first kappa shape index (κ1) is 23.1. The van der Waals surface area contributed by atoms with Crippen molar-refractivity contribution in [3.05, 3.63) is 105 Å². The topological polar surface area (TPSA) is 119 Å². The third-order valence-corrected chi connectivity index (χ3v) is 6.24. The van der Waals surface area contributed by atoms with Gasteiger partial charge < -0.3 is 19.5 Å². The average Bonchev–Trinajstić information content (AvgIpc) is 3.16. The molecule has 182 valence electrons. The van der Waals surface area contributed by atoms with Crippen LogP contribution in [0, 0.1) is 10.1 Å². The maximum atomic E-state index is 13.2. The van der Waals surface area contributed by atoms with Crippen LogP contribution in [0.1, 0.15) is 22.7 Å². The van der Waals surface area contributed by atoms with E-state index in [1.807, 2.05) is 30.3 Å². The Bertz CT molecular complexity index is 1380. The molecule has 9 nitrogen and oxygen atoms in total. The number of hydrogen-bond acceptors (Lipinski definition) is 7. The zero-order valence-corrected chi connectivity index (χ0v) is 19.1. The number of non-ortho nitro benzene ring substituents is 1. The van der Waals surface area contributed by atoms with Gasteiger partial charge in [0, 0.05) is 24.2 Å². The number of nitrogens with zero attached hydrogens (tertiary/aromatic N) is 2. The fourth-order valence-corrected chi connectivity index (χ4v) is 4.51. The van der Waals surface area contributed by atoms with E-state index in [-0.39, 0.29) is 29.1 Å². The van der Waals surface area contributed by atoms with Crippen molar-refractivity contribution >= 4 is 23.1 Å². The molecule has 5 rings (SSSR count). The fraction of sp³-hybridized carbons (Fsp3) is 0.185. The maximum Gasteiger partial charge on any atom is 0.295 e. The van der Waals surface area contributed by atoms with Gasteiger partial charge in [-0.05, 0) is 35.7 Å². The molecule has 0 bridgehead atoms. The summed E-state index contributed by atoms with van der Waals surface area (Å²) in [7, 11) is 0. The van der Waals surface area contributed by atoms with Gasteiger partial charge in [-0.25, -0.2) is 0 Å². The van der Waals surface area contributed by atoms with Crippen molar-refractivity contribution in [2.45, 2.75) is 12.5 Å². The smallest absolute Gasteiger partial charge is 0.295 e. The number of ketones is 1. The second-order valence-corrected chi connectivity index (χ2v) is 8.44. The summed E-state index contributed by atoms with van der Waals surface area (Å²) < 4.78 is 11.1. The van der Waals surface area contributed by atoms with E-state index in [0.29, 0.717) is 36.7 Å². The highest BCUT2D eigenvalue weighted by molar-refractivity contribution is 6.46. The Morgan fingerprint density at radius 2 is 1.72 bits per heavy atom. The molecule has 1 atom stereocenters. The normalized spacial score (nSPS) is 18.3. The summed E-state index contributed by atoms with van der Waals surface area (Å²) in [6, 6.07) is 19.0. The Morgan fingerprint density at radius 1 is 0.972 bits per heavy atom. The van der Waals surface area contributed by atoms with Crippen molar-refractivity contribution in [1.82, 2.24) is 4.90 Å². The van der Waals surface area contributed by atoms with Crippen LogP contribution in [-0.2, 0) is 16.0 Å². The number of rotatable bonds is 6. The summed E-state index contributed by atoms with van der Waals surface area (Å²) in [5.74, 6) is -1.09. The minimum absolute atomic E-state index is 0.134. The number of nitro groups is 1. The van der Waals surface area contributed by atoms with Gasteiger partial charge in [0.15, 0.2) is 11.5 Å². The van der Waals surface area contributed by atoms with Crippen LogP contribution in [0.15, 0.2) is 78.4 Å². The van der Waals surface area contributed by atoms with E-state index >= 15 is 0 Å². The number of Topliss-reactive ketones (excluding diaryl/α,β-unsaturated/α-hetero) is 1. The molecular weight excluding hydrogens is 464 g/mol. The Morgan fingerprint density at radius 3 is 2.47 bits per heavy atom. The van der Waals surface area contributed by atoms with Crippen molar-refractivity contribution in [2.24, 2.45) is 0 Å². The molecule has 2 aliphatic rings. The first-order chi connectivity index (χ1) is 17.4. The predicted octanol–water partition coefficient (Wildman–Crippen LogP) is 4.03. The molecule has 2 heterocycles. The number of benzene rings is 3. The van der Waals surface area contributed by atoms with Gasteiger partial charge in [-0.1, -0.05) is 42.5 Å².